The first-order chi connectivity index (χ1) is 16.6. The topological polar surface area (TPSA) is 58.2 Å². The van der Waals surface area contributed by atoms with Gasteiger partial charge in [0.1, 0.15) is 0 Å². The third-order valence-electron chi connectivity index (χ3n) is 5.18. The molecule has 0 atom stereocenters. The van der Waals surface area contributed by atoms with Crippen molar-refractivity contribution in [3.8, 4) is 11.1 Å². The van der Waals surface area contributed by atoms with Gasteiger partial charge in [0.25, 0.3) is 5.91 Å². The van der Waals surface area contributed by atoms with Gasteiger partial charge in [0.05, 0.1) is 0 Å². The maximum Gasteiger partial charge on any atom is 0.251 e. The van der Waals surface area contributed by atoms with Crippen LogP contribution in [-0.2, 0) is 11.3 Å². The van der Waals surface area contributed by atoms with E-state index in [4.69, 9.17) is 0 Å². The lowest BCUT2D eigenvalue weighted by atomic mass is 10.0. The third-order valence-corrected chi connectivity index (χ3v) is 5.71. The van der Waals surface area contributed by atoms with E-state index in [0.717, 1.165) is 26.7 Å². The normalized spacial score (nSPS) is 10.7. The summed E-state index contributed by atoms with van der Waals surface area (Å²) in [6, 6.07) is 32.6. The molecule has 0 bridgehead atoms. The number of nitrogens with one attached hydrogen (secondary N) is 2. The highest BCUT2D eigenvalue weighted by atomic mass is 79.9. The highest BCUT2D eigenvalue weighted by Gasteiger charge is 2.08. The molecule has 0 spiro atoms. The van der Waals surface area contributed by atoms with E-state index in [2.05, 4.69) is 26.6 Å². The monoisotopic (exact) mass is 510 g/mol. The molecule has 0 aliphatic heterocycles. The van der Waals surface area contributed by atoms with Gasteiger partial charge in [-0.2, -0.15) is 0 Å². The van der Waals surface area contributed by atoms with Crippen LogP contribution in [-0.4, -0.2) is 11.8 Å². The number of carbonyl (C=O) groups excluding carboxylic acids is 2. The average Bonchev–Trinajstić information content (AvgIpc) is 2.87. The molecule has 0 heterocycles. The molecular weight excluding hydrogens is 488 g/mol. The lowest BCUT2D eigenvalue weighted by molar-refractivity contribution is -0.111. The van der Waals surface area contributed by atoms with Crippen molar-refractivity contribution in [2.24, 2.45) is 0 Å². The standard InChI is InChI=1S/C29H23BrN2O2/c30-26-15-13-23(14-16-26)24-9-5-10-25(19-24)29(34)31-20-22-8-4-11-27(18-22)32-28(33)17-12-21-6-2-1-3-7-21/h1-19H,20H2,(H,31,34)(H,32,33)/b17-12+. The summed E-state index contributed by atoms with van der Waals surface area (Å²) in [6.45, 7) is 0.352. The zero-order valence-electron chi connectivity index (χ0n) is 18.4. The molecule has 0 aliphatic rings. The van der Waals surface area contributed by atoms with Crippen molar-refractivity contribution >= 4 is 39.5 Å². The fourth-order valence-corrected chi connectivity index (χ4v) is 3.71. The molecule has 4 aromatic carbocycles. The van der Waals surface area contributed by atoms with Crippen molar-refractivity contribution in [1.82, 2.24) is 5.32 Å². The maximum absolute atomic E-state index is 12.7. The quantitative estimate of drug-likeness (QED) is 0.272. The molecule has 0 fully saturated rings. The van der Waals surface area contributed by atoms with Gasteiger partial charge >= 0.3 is 0 Å². The lowest BCUT2D eigenvalue weighted by Crippen LogP contribution is -2.22. The number of carbonyl (C=O) groups is 2. The molecule has 34 heavy (non-hydrogen) atoms. The zero-order chi connectivity index (χ0) is 23.8. The second-order valence-electron chi connectivity index (χ2n) is 7.70. The molecule has 168 valence electrons. The molecule has 0 saturated carbocycles. The summed E-state index contributed by atoms with van der Waals surface area (Å²) in [5.41, 5.74) is 5.14. The van der Waals surface area contributed by atoms with Crippen molar-refractivity contribution in [2.45, 2.75) is 6.54 Å². The predicted molar refractivity (Wildman–Crippen MR) is 141 cm³/mol. The number of rotatable bonds is 7. The molecule has 4 rings (SSSR count). The minimum absolute atomic E-state index is 0.154. The Morgan fingerprint density at radius 2 is 1.53 bits per heavy atom. The Morgan fingerprint density at radius 1 is 0.765 bits per heavy atom. The van der Waals surface area contributed by atoms with Crippen LogP contribution in [0.15, 0.2) is 114 Å². The molecule has 4 aromatic rings. The van der Waals surface area contributed by atoms with Crippen LogP contribution in [0, 0.1) is 0 Å². The summed E-state index contributed by atoms with van der Waals surface area (Å²) >= 11 is 3.44. The Labute approximate surface area is 207 Å². The fraction of sp³-hybridized carbons (Fsp3) is 0.0345. The van der Waals surface area contributed by atoms with Crippen LogP contribution in [0.5, 0.6) is 0 Å². The molecule has 0 aliphatic carbocycles. The molecular formula is C29H23BrN2O2. The minimum Gasteiger partial charge on any atom is -0.348 e. The molecule has 0 aromatic heterocycles. The van der Waals surface area contributed by atoms with Gasteiger partial charge in [-0.05, 0) is 64.7 Å². The molecule has 2 amide bonds. The Balaban J connectivity index is 1.36. The van der Waals surface area contributed by atoms with Gasteiger partial charge in [-0.3, -0.25) is 9.59 Å². The van der Waals surface area contributed by atoms with Crippen LogP contribution in [0.25, 0.3) is 17.2 Å². The van der Waals surface area contributed by atoms with Crippen LogP contribution in [0.1, 0.15) is 21.5 Å². The second kappa shape index (κ2) is 11.3. The molecule has 4 nitrogen and oxygen atoms in total. The first-order valence-electron chi connectivity index (χ1n) is 10.8. The van der Waals surface area contributed by atoms with Gasteiger partial charge in [-0.25, -0.2) is 0 Å². The van der Waals surface area contributed by atoms with E-state index in [1.54, 1.807) is 12.1 Å². The number of hydrogen-bond donors (Lipinski definition) is 2. The highest BCUT2D eigenvalue weighted by Crippen LogP contribution is 2.22. The van der Waals surface area contributed by atoms with E-state index in [-0.39, 0.29) is 11.8 Å². The second-order valence-corrected chi connectivity index (χ2v) is 8.62. The van der Waals surface area contributed by atoms with E-state index in [1.165, 1.54) is 6.08 Å². The molecule has 0 unspecified atom stereocenters. The van der Waals surface area contributed by atoms with Crippen molar-refractivity contribution in [2.75, 3.05) is 5.32 Å². The molecule has 0 radical (unpaired) electrons. The summed E-state index contributed by atoms with van der Waals surface area (Å²) in [5, 5.41) is 5.82. The summed E-state index contributed by atoms with van der Waals surface area (Å²) in [7, 11) is 0. The SMILES string of the molecule is O=C(/C=C/c1ccccc1)Nc1cccc(CNC(=O)c2cccc(-c3ccc(Br)cc3)c2)c1. The minimum atomic E-state index is -0.213. The van der Waals surface area contributed by atoms with E-state index in [1.807, 2.05) is 97.1 Å². The Bertz CT molecular complexity index is 1320. The summed E-state index contributed by atoms with van der Waals surface area (Å²) in [5.74, 6) is -0.367. The Morgan fingerprint density at radius 3 is 2.32 bits per heavy atom. The Hall–Kier alpha value is -3.96. The van der Waals surface area contributed by atoms with Crippen molar-refractivity contribution < 1.29 is 9.59 Å². The van der Waals surface area contributed by atoms with Crippen LogP contribution in [0.4, 0.5) is 5.69 Å². The first-order valence-corrected chi connectivity index (χ1v) is 11.6. The number of anilines is 1. The lowest BCUT2D eigenvalue weighted by Gasteiger charge is -2.09. The molecule has 5 heteroatoms. The van der Waals surface area contributed by atoms with Gasteiger partial charge in [0, 0.05) is 28.3 Å². The largest absolute Gasteiger partial charge is 0.348 e. The van der Waals surface area contributed by atoms with Gasteiger partial charge in [-0.15, -0.1) is 0 Å². The number of benzene rings is 4. The number of hydrogen-bond acceptors (Lipinski definition) is 2. The maximum atomic E-state index is 12.7. The first kappa shape index (κ1) is 23.2. The van der Waals surface area contributed by atoms with Crippen molar-refractivity contribution in [3.05, 3.63) is 130 Å². The molecule has 2 N–H and O–H groups in total. The van der Waals surface area contributed by atoms with E-state index < -0.39 is 0 Å². The van der Waals surface area contributed by atoms with Crippen LogP contribution < -0.4 is 10.6 Å². The number of halogens is 1. The van der Waals surface area contributed by atoms with Gasteiger partial charge in [-0.1, -0.05) is 82.7 Å². The third kappa shape index (κ3) is 6.53. The van der Waals surface area contributed by atoms with Gasteiger partial charge in [0.2, 0.25) is 5.91 Å². The molecule has 0 saturated heterocycles. The van der Waals surface area contributed by atoms with E-state index >= 15 is 0 Å². The predicted octanol–water partition coefficient (Wildman–Crippen LogP) is 6.70. The smallest absolute Gasteiger partial charge is 0.251 e. The van der Waals surface area contributed by atoms with Crippen LogP contribution >= 0.6 is 15.9 Å². The van der Waals surface area contributed by atoms with Gasteiger partial charge in [0.15, 0.2) is 0 Å². The Kier molecular flexibility index (Phi) is 7.68. The van der Waals surface area contributed by atoms with Gasteiger partial charge < -0.3 is 10.6 Å². The van der Waals surface area contributed by atoms with Crippen molar-refractivity contribution in [3.63, 3.8) is 0 Å². The highest BCUT2D eigenvalue weighted by molar-refractivity contribution is 9.10. The average molecular weight is 511 g/mol. The van der Waals surface area contributed by atoms with Crippen LogP contribution in [0.2, 0.25) is 0 Å². The summed E-state index contributed by atoms with van der Waals surface area (Å²) < 4.78 is 1.01. The number of amides is 2. The summed E-state index contributed by atoms with van der Waals surface area (Å²) in [4.78, 5) is 25.0. The van der Waals surface area contributed by atoms with Crippen LogP contribution in [0.3, 0.4) is 0 Å². The fourth-order valence-electron chi connectivity index (χ4n) is 3.45. The van der Waals surface area contributed by atoms with E-state index in [0.29, 0.717) is 17.8 Å². The zero-order valence-corrected chi connectivity index (χ0v) is 20.0. The summed E-state index contributed by atoms with van der Waals surface area (Å²) in [6.07, 6.45) is 3.27. The van der Waals surface area contributed by atoms with Crippen molar-refractivity contribution in [1.29, 1.82) is 0 Å². The van der Waals surface area contributed by atoms with E-state index in [9.17, 15) is 9.59 Å².